The molecule has 26 heavy (non-hydrogen) atoms. The molecule has 1 rings (SSSR count). The van der Waals surface area contributed by atoms with Crippen molar-refractivity contribution in [1.29, 1.82) is 0 Å². The van der Waals surface area contributed by atoms with Gasteiger partial charge in [0.15, 0.2) is 0 Å². The van der Waals surface area contributed by atoms with Crippen LogP contribution in [0.5, 0.6) is 0 Å². The summed E-state index contributed by atoms with van der Waals surface area (Å²) in [5.74, 6) is 0. The molecule has 0 heterocycles. The van der Waals surface area contributed by atoms with Gasteiger partial charge in [-0.1, -0.05) is 26.7 Å². The molecule has 0 amide bonds. The number of halogens is 3. The van der Waals surface area contributed by atoms with Gasteiger partial charge in [0.1, 0.15) is 0 Å². The molecule has 0 saturated heterocycles. The van der Waals surface area contributed by atoms with E-state index in [9.17, 15) is 33.4 Å². The van der Waals surface area contributed by atoms with Crippen LogP contribution >= 0.6 is 0 Å². The average molecular weight is 376 g/mol. The zero-order chi connectivity index (χ0) is 19.9. The third-order valence-corrected chi connectivity index (χ3v) is 4.25. The summed E-state index contributed by atoms with van der Waals surface area (Å²) in [6.45, 7) is 3.64. The van der Waals surface area contributed by atoms with E-state index in [0.29, 0.717) is 25.7 Å². The van der Waals surface area contributed by atoms with Crippen LogP contribution in [0.2, 0.25) is 0 Å². The van der Waals surface area contributed by atoms with Gasteiger partial charge in [-0.25, -0.2) is 0 Å². The van der Waals surface area contributed by atoms with Crippen molar-refractivity contribution in [2.24, 2.45) is 0 Å². The highest BCUT2D eigenvalue weighted by Gasteiger charge is 2.35. The standard InChI is InChI=1S/C17H23F3N2O4/c1-3-5-7-15(21(23)24)12-9-13(11-14(10-12)17(18,19)20)16(22(25)26)8-6-4-2/h9-11,15-16H,3-8H2,1-2H3. The van der Waals surface area contributed by atoms with Crippen LogP contribution in [-0.4, -0.2) is 9.85 Å². The minimum Gasteiger partial charge on any atom is -0.264 e. The third-order valence-electron chi connectivity index (χ3n) is 4.25. The summed E-state index contributed by atoms with van der Waals surface area (Å²) in [4.78, 5) is 21.4. The molecule has 0 fully saturated rings. The Morgan fingerprint density at radius 2 is 1.27 bits per heavy atom. The highest BCUT2D eigenvalue weighted by Crippen LogP contribution is 2.36. The predicted molar refractivity (Wildman–Crippen MR) is 90.0 cm³/mol. The highest BCUT2D eigenvalue weighted by atomic mass is 19.4. The van der Waals surface area contributed by atoms with Gasteiger partial charge in [0.05, 0.1) is 5.56 Å². The molecule has 0 saturated carbocycles. The first kappa shape index (κ1) is 21.9. The molecule has 0 aliphatic carbocycles. The molecule has 1 aromatic carbocycles. The van der Waals surface area contributed by atoms with Gasteiger partial charge in [-0.2, -0.15) is 13.2 Å². The van der Waals surface area contributed by atoms with Gasteiger partial charge < -0.3 is 0 Å². The molecule has 6 nitrogen and oxygen atoms in total. The second kappa shape index (κ2) is 9.49. The molecule has 0 aliphatic heterocycles. The largest absolute Gasteiger partial charge is 0.416 e. The van der Waals surface area contributed by atoms with E-state index in [0.717, 1.165) is 12.1 Å². The lowest BCUT2D eigenvalue weighted by atomic mass is 9.93. The Labute approximate surface area is 149 Å². The van der Waals surface area contributed by atoms with Gasteiger partial charge in [0.2, 0.25) is 12.1 Å². The number of hydrogen-bond acceptors (Lipinski definition) is 4. The topological polar surface area (TPSA) is 86.3 Å². The third kappa shape index (κ3) is 5.96. The van der Waals surface area contributed by atoms with Crippen molar-refractivity contribution in [3.8, 4) is 0 Å². The Balaban J connectivity index is 3.46. The SMILES string of the molecule is CCCCC(c1cc(C(CCCC)[N+](=O)[O-])cc(C(F)(F)F)c1)[N+](=O)[O-]. The van der Waals surface area contributed by atoms with Crippen molar-refractivity contribution < 1.29 is 23.0 Å². The van der Waals surface area contributed by atoms with E-state index in [2.05, 4.69) is 0 Å². The number of nitrogens with zero attached hydrogens (tertiary/aromatic N) is 2. The van der Waals surface area contributed by atoms with Crippen LogP contribution in [0.4, 0.5) is 13.2 Å². The second-order valence-electron chi connectivity index (χ2n) is 6.27. The fourth-order valence-corrected chi connectivity index (χ4v) is 2.81. The lowest BCUT2D eigenvalue weighted by Crippen LogP contribution is -2.17. The minimum absolute atomic E-state index is 0.0857. The van der Waals surface area contributed by atoms with Crippen LogP contribution < -0.4 is 0 Å². The Morgan fingerprint density at radius 1 is 0.885 bits per heavy atom. The van der Waals surface area contributed by atoms with Crippen LogP contribution in [0.1, 0.15) is 81.1 Å². The monoisotopic (exact) mass is 376 g/mol. The first-order valence-corrected chi connectivity index (χ1v) is 8.60. The minimum atomic E-state index is -4.73. The summed E-state index contributed by atoms with van der Waals surface area (Å²) in [5.41, 5.74) is -1.34. The summed E-state index contributed by atoms with van der Waals surface area (Å²) in [6.07, 6.45) is -2.29. The molecule has 0 bridgehead atoms. The maximum atomic E-state index is 13.2. The highest BCUT2D eigenvalue weighted by molar-refractivity contribution is 5.34. The number of nitro groups is 2. The van der Waals surface area contributed by atoms with Gasteiger partial charge in [0.25, 0.3) is 0 Å². The molecular weight excluding hydrogens is 353 g/mol. The van der Waals surface area contributed by atoms with Crippen molar-refractivity contribution in [2.45, 2.75) is 70.6 Å². The molecule has 0 aliphatic rings. The summed E-state index contributed by atoms with van der Waals surface area (Å²) >= 11 is 0. The Morgan fingerprint density at radius 3 is 1.54 bits per heavy atom. The van der Waals surface area contributed by atoms with E-state index in [1.807, 2.05) is 13.8 Å². The first-order chi connectivity index (χ1) is 12.1. The van der Waals surface area contributed by atoms with Crippen LogP contribution in [0.25, 0.3) is 0 Å². The molecule has 9 heteroatoms. The lowest BCUT2D eigenvalue weighted by Gasteiger charge is -2.17. The normalized spacial score (nSPS) is 14.0. The molecule has 2 unspecified atom stereocenters. The van der Waals surface area contributed by atoms with Crippen molar-refractivity contribution in [3.05, 3.63) is 55.1 Å². The maximum Gasteiger partial charge on any atom is 0.416 e. The fourth-order valence-electron chi connectivity index (χ4n) is 2.81. The Kier molecular flexibility index (Phi) is 7.98. The summed E-state index contributed by atoms with van der Waals surface area (Å²) in [6, 6.07) is 0.0538. The van der Waals surface area contributed by atoms with Crippen molar-refractivity contribution in [2.75, 3.05) is 0 Å². The lowest BCUT2D eigenvalue weighted by molar-refractivity contribution is -0.531. The van der Waals surface area contributed by atoms with Crippen LogP contribution in [-0.2, 0) is 6.18 Å². The number of alkyl halides is 3. The summed E-state index contributed by atoms with van der Waals surface area (Å²) in [5, 5.41) is 22.7. The van der Waals surface area contributed by atoms with Crippen LogP contribution in [0.15, 0.2) is 18.2 Å². The Hall–Kier alpha value is -2.19. The van der Waals surface area contributed by atoms with Gasteiger partial charge in [-0.05, 0) is 31.0 Å². The summed E-state index contributed by atoms with van der Waals surface area (Å²) < 4.78 is 39.7. The molecular formula is C17H23F3N2O4. The van der Waals surface area contributed by atoms with E-state index in [1.165, 1.54) is 6.07 Å². The van der Waals surface area contributed by atoms with E-state index >= 15 is 0 Å². The number of rotatable bonds is 10. The molecule has 0 N–H and O–H groups in total. The van der Waals surface area contributed by atoms with Gasteiger partial charge >= 0.3 is 6.18 Å². The van der Waals surface area contributed by atoms with Crippen LogP contribution in [0.3, 0.4) is 0 Å². The molecule has 0 aromatic heterocycles. The van der Waals surface area contributed by atoms with Crippen molar-refractivity contribution in [1.82, 2.24) is 0 Å². The number of benzene rings is 1. The zero-order valence-electron chi connectivity index (χ0n) is 14.8. The van der Waals surface area contributed by atoms with Gasteiger partial charge in [0, 0.05) is 33.8 Å². The Bertz CT molecular complexity index is 591. The number of unbranched alkanes of at least 4 members (excludes halogenated alkanes) is 2. The van der Waals surface area contributed by atoms with Crippen molar-refractivity contribution >= 4 is 0 Å². The predicted octanol–water partition coefficient (Wildman–Crippen LogP) is 5.72. The molecule has 0 radical (unpaired) electrons. The van der Waals surface area contributed by atoms with Crippen LogP contribution in [0, 0.1) is 20.2 Å². The quantitative estimate of drug-likeness (QED) is 0.386. The zero-order valence-corrected chi connectivity index (χ0v) is 14.8. The van der Waals surface area contributed by atoms with Gasteiger partial charge in [-0.3, -0.25) is 20.2 Å². The van der Waals surface area contributed by atoms with Gasteiger partial charge in [-0.15, -0.1) is 0 Å². The summed E-state index contributed by atoms with van der Waals surface area (Å²) in [7, 11) is 0. The fraction of sp³-hybridized carbons (Fsp3) is 0.647. The molecule has 1 aromatic rings. The maximum absolute atomic E-state index is 13.2. The van der Waals surface area contributed by atoms with Crippen molar-refractivity contribution in [3.63, 3.8) is 0 Å². The van der Waals surface area contributed by atoms with E-state index < -0.39 is 33.7 Å². The molecule has 2 atom stereocenters. The molecule has 0 spiro atoms. The van der Waals surface area contributed by atoms with E-state index in [1.54, 1.807) is 0 Å². The smallest absolute Gasteiger partial charge is 0.264 e. The van der Waals surface area contributed by atoms with E-state index in [4.69, 9.17) is 0 Å². The molecule has 146 valence electrons. The average Bonchev–Trinajstić information content (AvgIpc) is 2.54. The first-order valence-electron chi connectivity index (χ1n) is 8.60. The number of hydrogen-bond donors (Lipinski definition) is 0. The van der Waals surface area contributed by atoms with E-state index in [-0.39, 0.29) is 24.0 Å². The second-order valence-corrected chi connectivity index (χ2v) is 6.27.